The number of amides is 1. The second-order valence-electron chi connectivity index (χ2n) is 6.49. The molecule has 1 N–H and O–H groups in total. The summed E-state index contributed by atoms with van der Waals surface area (Å²) in [5, 5.41) is 3.08. The highest BCUT2D eigenvalue weighted by atomic mass is 35.5. The van der Waals surface area contributed by atoms with E-state index in [0.29, 0.717) is 17.5 Å². The van der Waals surface area contributed by atoms with E-state index in [1.54, 1.807) is 11.8 Å². The van der Waals surface area contributed by atoms with E-state index in [-0.39, 0.29) is 50.3 Å². The lowest BCUT2D eigenvalue weighted by Crippen LogP contribution is -2.59. The van der Waals surface area contributed by atoms with Crippen molar-refractivity contribution in [1.29, 1.82) is 0 Å². The van der Waals surface area contributed by atoms with Gasteiger partial charge in [0, 0.05) is 25.7 Å². The van der Waals surface area contributed by atoms with Crippen molar-refractivity contribution in [3.8, 4) is 0 Å². The molecular formula is C14H25ClF3N3O4S. The second-order valence-corrected chi connectivity index (χ2v) is 8.42. The van der Waals surface area contributed by atoms with Crippen LogP contribution >= 0.6 is 12.4 Å². The number of nitrogens with zero attached hydrogens (tertiary/aromatic N) is 2. The molecule has 0 aliphatic carbocycles. The van der Waals surface area contributed by atoms with Crippen molar-refractivity contribution < 1.29 is 31.1 Å². The van der Waals surface area contributed by atoms with E-state index in [4.69, 9.17) is 4.74 Å². The second kappa shape index (κ2) is 9.05. The largest absolute Gasteiger partial charge is 0.402 e. The molecule has 2 saturated heterocycles. The molecule has 0 bridgehead atoms. The topological polar surface area (TPSA) is 79.0 Å². The molecule has 7 nitrogen and oxygen atoms in total. The molecule has 2 fully saturated rings. The molecule has 2 aliphatic rings. The molecule has 0 aromatic rings. The highest BCUT2D eigenvalue weighted by Crippen LogP contribution is 2.25. The van der Waals surface area contributed by atoms with Gasteiger partial charge in [-0.2, -0.15) is 17.5 Å². The zero-order valence-corrected chi connectivity index (χ0v) is 16.3. The Morgan fingerprint density at radius 2 is 1.88 bits per heavy atom. The van der Waals surface area contributed by atoms with Gasteiger partial charge >= 0.3 is 6.18 Å². The van der Waals surface area contributed by atoms with Crippen LogP contribution in [0.2, 0.25) is 0 Å². The van der Waals surface area contributed by atoms with Crippen LogP contribution in [0, 0.1) is 0 Å². The van der Waals surface area contributed by atoms with Gasteiger partial charge in [-0.05, 0) is 19.8 Å². The monoisotopic (exact) mass is 423 g/mol. The Kier molecular flexibility index (Phi) is 8.15. The lowest BCUT2D eigenvalue weighted by molar-refractivity contribution is -0.146. The van der Waals surface area contributed by atoms with E-state index in [1.807, 2.05) is 0 Å². The number of carbonyl (C=O) groups is 1. The van der Waals surface area contributed by atoms with Gasteiger partial charge in [-0.1, -0.05) is 0 Å². The fourth-order valence-electron chi connectivity index (χ4n) is 3.27. The van der Waals surface area contributed by atoms with Gasteiger partial charge in [0.15, 0.2) is 0 Å². The Bertz CT molecular complexity index is 582. The van der Waals surface area contributed by atoms with Gasteiger partial charge in [-0.25, -0.2) is 8.42 Å². The van der Waals surface area contributed by atoms with Crippen molar-refractivity contribution in [2.75, 3.05) is 39.0 Å². The standard InChI is InChI=1S/C14H24F3N3O4S.ClH/c1-10-12(18-5-8-24-10)13(21)19-6-3-11(4-7-19)20(25(2,22)23)9-14(15,16)17;/h10-12,18H,3-9H2,1-2H3;1H/t10-,12+;/m1./s1. The number of carbonyl (C=O) groups excluding carboxylic acids is 1. The Morgan fingerprint density at radius 1 is 1.31 bits per heavy atom. The maximum Gasteiger partial charge on any atom is 0.402 e. The third-order valence-electron chi connectivity index (χ3n) is 4.53. The van der Waals surface area contributed by atoms with Crippen LogP contribution in [0.4, 0.5) is 13.2 Å². The summed E-state index contributed by atoms with van der Waals surface area (Å²) in [4.78, 5) is 14.1. The molecule has 0 aromatic heterocycles. The van der Waals surface area contributed by atoms with Gasteiger partial charge in [-0.3, -0.25) is 4.79 Å². The summed E-state index contributed by atoms with van der Waals surface area (Å²) in [6.07, 6.45) is -3.75. The predicted octanol–water partition coefficient (Wildman–Crippen LogP) is 0.600. The van der Waals surface area contributed by atoms with Gasteiger partial charge in [0.25, 0.3) is 0 Å². The number of likely N-dealkylation sites (tertiary alicyclic amines) is 1. The third-order valence-corrected chi connectivity index (χ3v) is 5.81. The average Bonchev–Trinajstić information content (AvgIpc) is 2.51. The molecule has 0 spiro atoms. The van der Waals surface area contributed by atoms with Crippen LogP contribution in [0.1, 0.15) is 19.8 Å². The van der Waals surface area contributed by atoms with Crippen molar-refractivity contribution in [3.63, 3.8) is 0 Å². The average molecular weight is 424 g/mol. The van der Waals surface area contributed by atoms with E-state index in [9.17, 15) is 26.4 Å². The quantitative estimate of drug-likeness (QED) is 0.716. The fourth-order valence-corrected chi connectivity index (χ4v) is 4.41. The molecule has 154 valence electrons. The molecule has 12 heteroatoms. The molecular weight excluding hydrogens is 399 g/mol. The van der Waals surface area contributed by atoms with Crippen LogP contribution in [-0.4, -0.2) is 86.9 Å². The third kappa shape index (κ3) is 6.22. The summed E-state index contributed by atoms with van der Waals surface area (Å²) in [5.41, 5.74) is 0. The van der Waals surface area contributed by atoms with Crippen molar-refractivity contribution in [2.24, 2.45) is 0 Å². The highest BCUT2D eigenvalue weighted by Gasteiger charge is 2.41. The summed E-state index contributed by atoms with van der Waals surface area (Å²) < 4.78 is 67.5. The molecule has 0 unspecified atom stereocenters. The fraction of sp³-hybridized carbons (Fsp3) is 0.929. The number of rotatable bonds is 4. The summed E-state index contributed by atoms with van der Waals surface area (Å²) in [6.45, 7) is 1.81. The van der Waals surface area contributed by atoms with E-state index >= 15 is 0 Å². The first-order valence-corrected chi connectivity index (χ1v) is 10.0. The number of hydrogen-bond donors (Lipinski definition) is 1. The van der Waals surface area contributed by atoms with Crippen molar-refractivity contribution >= 4 is 28.3 Å². The minimum Gasteiger partial charge on any atom is -0.375 e. The van der Waals surface area contributed by atoms with E-state index in [2.05, 4.69) is 5.32 Å². The normalized spacial score (nSPS) is 25.8. The van der Waals surface area contributed by atoms with E-state index in [1.165, 1.54) is 0 Å². The molecule has 2 heterocycles. The van der Waals surface area contributed by atoms with Gasteiger partial charge in [0.1, 0.15) is 12.6 Å². The highest BCUT2D eigenvalue weighted by molar-refractivity contribution is 7.88. The lowest BCUT2D eigenvalue weighted by Gasteiger charge is -2.40. The number of morpholine rings is 1. The Hall–Kier alpha value is -0.620. The molecule has 0 radical (unpaired) electrons. The number of nitrogens with one attached hydrogen (secondary N) is 1. The molecule has 2 rings (SSSR count). The van der Waals surface area contributed by atoms with Gasteiger partial charge < -0.3 is 15.0 Å². The molecule has 0 saturated carbocycles. The number of ether oxygens (including phenoxy) is 1. The summed E-state index contributed by atoms with van der Waals surface area (Å²) in [6, 6.07) is -1.24. The first-order chi connectivity index (χ1) is 11.5. The lowest BCUT2D eigenvalue weighted by atomic mass is 10.0. The maximum atomic E-state index is 12.7. The SMILES string of the molecule is C[C@H]1OCCN[C@@H]1C(=O)N1CCC(N(CC(F)(F)F)S(C)(=O)=O)CC1.Cl. The summed E-state index contributed by atoms with van der Waals surface area (Å²) in [7, 11) is -3.99. The molecule has 2 aliphatic heterocycles. The minimum absolute atomic E-state index is 0. The smallest absolute Gasteiger partial charge is 0.375 e. The van der Waals surface area contributed by atoms with Crippen LogP contribution in [0.25, 0.3) is 0 Å². The minimum atomic E-state index is -4.60. The number of alkyl halides is 3. The van der Waals surface area contributed by atoms with E-state index < -0.39 is 34.8 Å². The Labute approximate surface area is 157 Å². The van der Waals surface area contributed by atoms with Crippen LogP contribution in [-0.2, 0) is 19.6 Å². The summed E-state index contributed by atoms with van der Waals surface area (Å²) >= 11 is 0. The van der Waals surface area contributed by atoms with Gasteiger partial charge in [0.05, 0.1) is 19.0 Å². The van der Waals surface area contributed by atoms with Crippen LogP contribution < -0.4 is 5.32 Å². The molecule has 2 atom stereocenters. The first kappa shape index (κ1) is 23.4. The Morgan fingerprint density at radius 3 is 2.35 bits per heavy atom. The van der Waals surface area contributed by atoms with Gasteiger partial charge in [-0.15, -0.1) is 12.4 Å². The van der Waals surface area contributed by atoms with Crippen LogP contribution in [0.15, 0.2) is 0 Å². The number of sulfonamides is 1. The zero-order chi connectivity index (χ0) is 18.8. The van der Waals surface area contributed by atoms with Crippen LogP contribution in [0.3, 0.4) is 0 Å². The molecule has 26 heavy (non-hydrogen) atoms. The van der Waals surface area contributed by atoms with Crippen LogP contribution in [0.5, 0.6) is 0 Å². The van der Waals surface area contributed by atoms with Crippen molar-refractivity contribution in [1.82, 2.24) is 14.5 Å². The first-order valence-electron chi connectivity index (χ1n) is 8.16. The van der Waals surface area contributed by atoms with Crippen molar-refractivity contribution in [3.05, 3.63) is 0 Å². The summed E-state index contributed by atoms with van der Waals surface area (Å²) in [5.74, 6) is -0.160. The van der Waals surface area contributed by atoms with E-state index in [0.717, 1.165) is 6.26 Å². The predicted molar refractivity (Wildman–Crippen MR) is 91.7 cm³/mol. The molecule has 1 amide bonds. The Balaban J connectivity index is 0.00000338. The zero-order valence-electron chi connectivity index (χ0n) is 14.7. The number of halogens is 4. The maximum absolute atomic E-state index is 12.7. The number of piperidine rings is 1. The molecule has 0 aromatic carbocycles. The van der Waals surface area contributed by atoms with Crippen molar-refractivity contribution in [2.45, 2.75) is 44.1 Å². The van der Waals surface area contributed by atoms with Gasteiger partial charge in [0.2, 0.25) is 15.9 Å². The number of hydrogen-bond acceptors (Lipinski definition) is 5.